The number of benzene rings is 1. The molecule has 4 aromatic rings. The first-order valence-corrected chi connectivity index (χ1v) is 13.4. The Labute approximate surface area is 234 Å². The van der Waals surface area contributed by atoms with Gasteiger partial charge in [0.1, 0.15) is 17.0 Å². The lowest BCUT2D eigenvalue weighted by molar-refractivity contribution is -0.140. The van der Waals surface area contributed by atoms with Gasteiger partial charge in [-0.05, 0) is 67.0 Å². The van der Waals surface area contributed by atoms with Gasteiger partial charge in [0.05, 0.1) is 12.1 Å². The topological polar surface area (TPSA) is 97.0 Å². The molecule has 1 aliphatic rings. The molecule has 41 heavy (non-hydrogen) atoms. The molecule has 1 N–H and O–H groups in total. The molecule has 3 heterocycles. The highest BCUT2D eigenvalue weighted by molar-refractivity contribution is 5.92. The van der Waals surface area contributed by atoms with Crippen molar-refractivity contribution in [2.45, 2.75) is 64.7 Å². The van der Waals surface area contributed by atoms with Crippen LogP contribution in [0.5, 0.6) is 0 Å². The Morgan fingerprint density at radius 1 is 1.12 bits per heavy atom. The summed E-state index contributed by atoms with van der Waals surface area (Å²) in [5, 5.41) is 9.78. The van der Waals surface area contributed by atoms with E-state index < -0.39 is 29.4 Å². The lowest BCUT2D eigenvalue weighted by Crippen LogP contribution is -2.39. The molecule has 0 aliphatic heterocycles. The van der Waals surface area contributed by atoms with Crippen LogP contribution in [-0.4, -0.2) is 48.7 Å². The fraction of sp³-hybridized carbons (Fsp3) is 0.414. The zero-order valence-electron chi connectivity index (χ0n) is 23.1. The predicted octanol–water partition coefficient (Wildman–Crippen LogP) is 6.54. The van der Waals surface area contributed by atoms with Gasteiger partial charge in [0.2, 0.25) is 5.82 Å². The van der Waals surface area contributed by atoms with Crippen molar-refractivity contribution in [1.82, 2.24) is 24.5 Å². The summed E-state index contributed by atoms with van der Waals surface area (Å²) in [4.78, 5) is 31.6. The zero-order chi connectivity index (χ0) is 29.6. The molecule has 3 aromatic heterocycles. The Morgan fingerprint density at radius 3 is 2.44 bits per heavy atom. The van der Waals surface area contributed by atoms with E-state index >= 15 is 0 Å². The molecule has 0 radical (unpaired) electrons. The number of carboxylic acids is 1. The molecular weight excluding hydrogens is 540 g/mol. The average Bonchev–Trinajstić information content (AvgIpc) is 3.24. The molecule has 0 amide bonds. The Bertz CT molecular complexity index is 1610. The second-order valence-corrected chi connectivity index (χ2v) is 10.9. The molecule has 1 fully saturated rings. The summed E-state index contributed by atoms with van der Waals surface area (Å²) in [5.41, 5.74) is 0.808. The molecule has 1 aromatic carbocycles. The molecule has 12 heteroatoms. The van der Waals surface area contributed by atoms with E-state index in [1.807, 2.05) is 44.9 Å². The van der Waals surface area contributed by atoms with Crippen LogP contribution in [0.3, 0.4) is 0 Å². The van der Waals surface area contributed by atoms with Crippen molar-refractivity contribution in [3.8, 4) is 11.5 Å². The quantitative estimate of drug-likeness (QED) is 0.240. The van der Waals surface area contributed by atoms with Gasteiger partial charge in [-0.3, -0.25) is 4.98 Å². The number of carbonyl (C=O) groups is 1. The molecule has 0 bridgehead atoms. The van der Waals surface area contributed by atoms with E-state index in [1.54, 1.807) is 10.8 Å². The number of halogens is 4. The molecule has 1 atom stereocenters. The predicted molar refractivity (Wildman–Crippen MR) is 145 cm³/mol. The molecule has 0 unspecified atom stereocenters. The lowest BCUT2D eigenvalue weighted by atomic mass is 9.80. The minimum absolute atomic E-state index is 0.0150. The van der Waals surface area contributed by atoms with Crippen molar-refractivity contribution >= 4 is 23.0 Å². The van der Waals surface area contributed by atoms with Gasteiger partial charge in [-0.15, -0.1) is 0 Å². The van der Waals surface area contributed by atoms with E-state index in [4.69, 9.17) is 0 Å². The van der Waals surface area contributed by atoms with Crippen LogP contribution in [0, 0.1) is 11.7 Å². The van der Waals surface area contributed by atoms with Crippen LogP contribution in [0.2, 0.25) is 0 Å². The Morgan fingerprint density at radius 2 is 1.85 bits per heavy atom. The minimum atomic E-state index is -4.83. The average molecular weight is 571 g/mol. The fourth-order valence-electron chi connectivity index (χ4n) is 5.14. The van der Waals surface area contributed by atoms with Gasteiger partial charge in [0.25, 0.3) is 0 Å². The number of fused-ring (bicyclic) bond motifs is 1. The van der Waals surface area contributed by atoms with Crippen molar-refractivity contribution in [3.05, 3.63) is 64.9 Å². The van der Waals surface area contributed by atoms with Crippen LogP contribution < -0.4 is 4.90 Å². The number of aromatic nitrogens is 5. The summed E-state index contributed by atoms with van der Waals surface area (Å²) in [6.45, 7) is 6.00. The zero-order valence-corrected chi connectivity index (χ0v) is 23.1. The number of hydrogen-bond donors (Lipinski definition) is 1. The molecule has 8 nitrogen and oxygen atoms in total. The maximum atomic E-state index is 14.6. The third-order valence-corrected chi connectivity index (χ3v) is 7.91. The Balaban J connectivity index is 1.75. The van der Waals surface area contributed by atoms with Crippen molar-refractivity contribution in [1.29, 1.82) is 0 Å². The second kappa shape index (κ2) is 10.7. The van der Waals surface area contributed by atoms with Gasteiger partial charge in [0, 0.05) is 19.3 Å². The number of rotatable bonds is 8. The van der Waals surface area contributed by atoms with E-state index in [0.29, 0.717) is 34.8 Å². The summed E-state index contributed by atoms with van der Waals surface area (Å²) in [5.74, 6) is -1.95. The summed E-state index contributed by atoms with van der Waals surface area (Å²) in [6, 6.07) is 6.51. The largest absolute Gasteiger partial charge is 0.475 e. The number of aromatic carboxylic acids is 1. The summed E-state index contributed by atoms with van der Waals surface area (Å²) < 4.78 is 56.0. The number of hydrogen-bond acceptors (Lipinski definition) is 6. The van der Waals surface area contributed by atoms with Crippen LogP contribution in [0.25, 0.3) is 22.7 Å². The van der Waals surface area contributed by atoms with Gasteiger partial charge in [-0.1, -0.05) is 26.3 Å². The monoisotopic (exact) mass is 570 g/mol. The maximum absolute atomic E-state index is 14.6. The Kier molecular flexibility index (Phi) is 7.43. The molecule has 216 valence electrons. The minimum Gasteiger partial charge on any atom is -0.475 e. The summed E-state index contributed by atoms with van der Waals surface area (Å²) in [7, 11) is 1.82. The molecule has 1 saturated carbocycles. The Hall–Kier alpha value is -4.09. The van der Waals surface area contributed by atoms with Crippen molar-refractivity contribution in [3.63, 3.8) is 0 Å². The number of carboxylic acid groups (broad SMARTS) is 1. The van der Waals surface area contributed by atoms with Gasteiger partial charge >= 0.3 is 12.1 Å². The van der Waals surface area contributed by atoms with Crippen LogP contribution in [-0.2, 0) is 12.7 Å². The van der Waals surface area contributed by atoms with Gasteiger partial charge in [-0.2, -0.15) is 13.2 Å². The van der Waals surface area contributed by atoms with Crippen molar-refractivity contribution in [2.24, 2.45) is 5.92 Å². The molecule has 1 aliphatic carbocycles. The van der Waals surface area contributed by atoms with Gasteiger partial charge in [-0.25, -0.2) is 24.1 Å². The van der Waals surface area contributed by atoms with Crippen LogP contribution in [0.15, 0.2) is 36.5 Å². The number of anilines is 1. The number of nitrogens with zero attached hydrogens (tertiary/aromatic N) is 6. The smallest absolute Gasteiger partial charge is 0.419 e. The summed E-state index contributed by atoms with van der Waals surface area (Å²) in [6.07, 6.45) is -0.0150. The van der Waals surface area contributed by atoms with Gasteiger partial charge < -0.3 is 14.6 Å². The van der Waals surface area contributed by atoms with E-state index in [9.17, 15) is 27.5 Å². The third kappa shape index (κ3) is 5.47. The highest BCUT2D eigenvalue weighted by Crippen LogP contribution is 2.37. The van der Waals surface area contributed by atoms with E-state index in [-0.39, 0.29) is 29.7 Å². The molecule has 0 spiro atoms. The lowest BCUT2D eigenvalue weighted by Gasteiger charge is -2.38. The number of alkyl halides is 3. The van der Waals surface area contributed by atoms with E-state index in [0.717, 1.165) is 30.9 Å². The first kappa shape index (κ1) is 28.4. The summed E-state index contributed by atoms with van der Waals surface area (Å²) >= 11 is 0. The SMILES string of the molecule is CC(C)c1ccnc(-c2nc3nc(C(=O)O)nc(N(C)[C@H](C)C4CCC4)c3n2Cc2ccc(C(F)(F)F)c(F)c2)c1. The number of pyridine rings is 1. The highest BCUT2D eigenvalue weighted by Gasteiger charge is 2.34. The number of imidazole rings is 1. The normalized spacial score (nSPS) is 14.9. The standard InChI is InChI=1S/C29H30F4N6O2/c1-15(2)19-10-11-34-22(13-19)26-36-24-23(39(26)14-17-8-9-20(21(30)12-17)29(31,32)33)27(37-25(35-24)28(40)41)38(4)16(3)18-6-5-7-18/h8-13,15-16,18H,5-7,14H2,1-4H3,(H,40,41)/t16-/m1/s1. The van der Waals surface area contributed by atoms with E-state index in [2.05, 4.69) is 19.9 Å². The molecule has 5 rings (SSSR count). The maximum Gasteiger partial charge on any atom is 0.419 e. The van der Waals surface area contributed by atoms with Crippen LogP contribution >= 0.6 is 0 Å². The van der Waals surface area contributed by atoms with Crippen molar-refractivity contribution < 1.29 is 27.5 Å². The van der Waals surface area contributed by atoms with Crippen LogP contribution in [0.1, 0.15) is 73.3 Å². The first-order valence-electron chi connectivity index (χ1n) is 13.4. The second-order valence-electron chi connectivity index (χ2n) is 10.9. The van der Waals surface area contributed by atoms with Gasteiger partial charge in [0.15, 0.2) is 17.3 Å². The van der Waals surface area contributed by atoms with Crippen molar-refractivity contribution in [2.75, 3.05) is 11.9 Å². The highest BCUT2D eigenvalue weighted by atomic mass is 19.4. The van der Waals surface area contributed by atoms with Crippen LogP contribution in [0.4, 0.5) is 23.4 Å². The fourth-order valence-corrected chi connectivity index (χ4v) is 5.14. The van der Waals surface area contributed by atoms with E-state index in [1.165, 1.54) is 6.07 Å². The molecule has 0 saturated heterocycles. The first-order chi connectivity index (χ1) is 19.3. The molecular formula is C29H30F4N6O2. The third-order valence-electron chi connectivity index (χ3n) is 7.91.